The molecular weight excluding hydrogens is 456 g/mol. The van der Waals surface area contributed by atoms with Gasteiger partial charge in [-0.3, -0.25) is 9.59 Å². The molecule has 3 rings (SSSR count). The number of benzene rings is 3. The Morgan fingerprint density at radius 1 is 0.971 bits per heavy atom. The average molecular weight is 485 g/mol. The van der Waals surface area contributed by atoms with Crippen LogP contribution < -0.4 is 9.46 Å². The van der Waals surface area contributed by atoms with Crippen molar-refractivity contribution in [2.24, 2.45) is 0 Å². The lowest BCUT2D eigenvalue weighted by atomic mass is 10.1. The fraction of sp³-hybridized carbons (Fsp3) is 0.280. The SMILES string of the molecule is CCOc1ccc(CN(C)C(=O)COC(=O)CCNS(=O)(=O)c2ccc3ccccc3c2)cc1. The Labute approximate surface area is 199 Å². The fourth-order valence-electron chi connectivity index (χ4n) is 3.25. The average Bonchev–Trinajstić information content (AvgIpc) is 2.83. The van der Waals surface area contributed by atoms with Gasteiger partial charge in [0.25, 0.3) is 5.91 Å². The number of ether oxygens (including phenoxy) is 2. The zero-order valence-corrected chi connectivity index (χ0v) is 20.0. The minimum absolute atomic E-state index is 0.116. The van der Waals surface area contributed by atoms with Gasteiger partial charge in [-0.15, -0.1) is 0 Å². The van der Waals surface area contributed by atoms with Gasteiger partial charge in [-0.25, -0.2) is 13.1 Å². The van der Waals surface area contributed by atoms with Gasteiger partial charge in [-0.05, 0) is 47.5 Å². The summed E-state index contributed by atoms with van der Waals surface area (Å²) in [6.45, 7) is 2.29. The summed E-state index contributed by atoms with van der Waals surface area (Å²) in [7, 11) is -2.16. The summed E-state index contributed by atoms with van der Waals surface area (Å²) in [5.41, 5.74) is 0.911. The Kier molecular flexibility index (Phi) is 8.61. The lowest BCUT2D eigenvalue weighted by Gasteiger charge is -2.17. The van der Waals surface area contributed by atoms with Crippen LogP contribution in [0.1, 0.15) is 18.9 Å². The van der Waals surface area contributed by atoms with Gasteiger partial charge in [0.2, 0.25) is 10.0 Å². The highest BCUT2D eigenvalue weighted by atomic mass is 32.2. The molecule has 9 heteroatoms. The van der Waals surface area contributed by atoms with E-state index in [-0.39, 0.29) is 23.8 Å². The maximum atomic E-state index is 12.5. The van der Waals surface area contributed by atoms with Gasteiger partial charge in [-0.1, -0.05) is 42.5 Å². The highest BCUT2D eigenvalue weighted by Crippen LogP contribution is 2.19. The van der Waals surface area contributed by atoms with Crippen molar-refractivity contribution in [2.45, 2.75) is 24.8 Å². The van der Waals surface area contributed by atoms with E-state index in [4.69, 9.17) is 9.47 Å². The molecule has 0 fully saturated rings. The van der Waals surface area contributed by atoms with Crippen molar-refractivity contribution in [1.29, 1.82) is 0 Å². The summed E-state index contributed by atoms with van der Waals surface area (Å²) in [5, 5.41) is 1.74. The summed E-state index contributed by atoms with van der Waals surface area (Å²) in [4.78, 5) is 25.8. The number of rotatable bonds is 11. The van der Waals surface area contributed by atoms with Gasteiger partial charge in [0.1, 0.15) is 5.75 Å². The van der Waals surface area contributed by atoms with E-state index in [1.807, 2.05) is 55.5 Å². The topological polar surface area (TPSA) is 102 Å². The van der Waals surface area contributed by atoms with Crippen LogP contribution in [0.25, 0.3) is 10.8 Å². The molecule has 0 unspecified atom stereocenters. The zero-order valence-electron chi connectivity index (χ0n) is 19.2. The number of nitrogens with one attached hydrogen (secondary N) is 1. The van der Waals surface area contributed by atoms with E-state index < -0.39 is 22.6 Å². The van der Waals surface area contributed by atoms with Crippen LogP contribution in [0, 0.1) is 0 Å². The monoisotopic (exact) mass is 484 g/mol. The van der Waals surface area contributed by atoms with Gasteiger partial charge < -0.3 is 14.4 Å². The van der Waals surface area contributed by atoms with Crippen molar-refractivity contribution in [3.63, 3.8) is 0 Å². The molecular formula is C25H28N2O6S. The number of likely N-dealkylation sites (N-methyl/N-ethyl adjacent to an activating group) is 1. The Bertz CT molecular complexity index is 1240. The lowest BCUT2D eigenvalue weighted by molar-refractivity contribution is -0.151. The molecule has 34 heavy (non-hydrogen) atoms. The molecule has 0 aliphatic heterocycles. The number of hydrogen-bond acceptors (Lipinski definition) is 6. The fourth-order valence-corrected chi connectivity index (χ4v) is 4.32. The lowest BCUT2D eigenvalue weighted by Crippen LogP contribution is -2.31. The van der Waals surface area contributed by atoms with E-state index in [2.05, 4.69) is 4.72 Å². The van der Waals surface area contributed by atoms with Crippen LogP contribution in [0.3, 0.4) is 0 Å². The number of sulfonamides is 1. The Morgan fingerprint density at radius 2 is 1.68 bits per heavy atom. The van der Waals surface area contributed by atoms with Crippen LogP contribution in [0.5, 0.6) is 5.75 Å². The van der Waals surface area contributed by atoms with Crippen molar-refractivity contribution >= 4 is 32.7 Å². The van der Waals surface area contributed by atoms with E-state index in [1.165, 1.54) is 11.0 Å². The molecule has 1 amide bonds. The smallest absolute Gasteiger partial charge is 0.307 e. The van der Waals surface area contributed by atoms with Crippen molar-refractivity contribution in [1.82, 2.24) is 9.62 Å². The first kappa shape index (κ1) is 25.2. The van der Waals surface area contributed by atoms with Gasteiger partial charge in [-0.2, -0.15) is 0 Å². The van der Waals surface area contributed by atoms with Crippen LogP contribution in [0.4, 0.5) is 0 Å². The molecule has 0 heterocycles. The molecule has 0 radical (unpaired) electrons. The third-order valence-corrected chi connectivity index (χ3v) is 6.55. The van der Waals surface area contributed by atoms with Crippen LogP contribution in [0.2, 0.25) is 0 Å². The van der Waals surface area contributed by atoms with Gasteiger partial charge >= 0.3 is 5.97 Å². The van der Waals surface area contributed by atoms with Crippen LogP contribution in [0.15, 0.2) is 71.6 Å². The van der Waals surface area contributed by atoms with E-state index in [1.54, 1.807) is 19.2 Å². The second-order valence-electron chi connectivity index (χ2n) is 7.64. The number of amides is 1. The van der Waals surface area contributed by atoms with Crippen LogP contribution >= 0.6 is 0 Å². The molecule has 3 aromatic carbocycles. The quantitative estimate of drug-likeness (QED) is 0.420. The van der Waals surface area contributed by atoms with Crippen LogP contribution in [-0.2, 0) is 30.9 Å². The Morgan fingerprint density at radius 3 is 2.38 bits per heavy atom. The third kappa shape index (κ3) is 7.03. The highest BCUT2D eigenvalue weighted by Gasteiger charge is 2.16. The van der Waals surface area contributed by atoms with Crippen molar-refractivity contribution in [3.05, 3.63) is 72.3 Å². The molecule has 0 aromatic heterocycles. The second-order valence-corrected chi connectivity index (χ2v) is 9.41. The molecule has 3 aromatic rings. The summed E-state index contributed by atoms with van der Waals surface area (Å²) in [6, 6.07) is 19.6. The predicted octanol–water partition coefficient (Wildman–Crippen LogP) is 3.11. The molecule has 1 N–H and O–H groups in total. The summed E-state index contributed by atoms with van der Waals surface area (Å²) in [5.74, 6) is -0.270. The van der Waals surface area contributed by atoms with E-state index in [0.29, 0.717) is 13.2 Å². The number of fused-ring (bicyclic) bond motifs is 1. The molecule has 0 saturated heterocycles. The second kappa shape index (κ2) is 11.6. The molecule has 180 valence electrons. The number of hydrogen-bond donors (Lipinski definition) is 1. The number of carbonyl (C=O) groups excluding carboxylic acids is 2. The van der Waals surface area contributed by atoms with Gasteiger partial charge in [0.05, 0.1) is 17.9 Å². The molecule has 0 aliphatic carbocycles. The van der Waals surface area contributed by atoms with E-state index in [9.17, 15) is 18.0 Å². The predicted molar refractivity (Wildman–Crippen MR) is 129 cm³/mol. The Hall–Kier alpha value is -3.43. The minimum Gasteiger partial charge on any atom is -0.494 e. The van der Waals surface area contributed by atoms with Gasteiger partial charge in [0.15, 0.2) is 6.61 Å². The standard InChI is InChI=1S/C25H28N2O6S/c1-3-32-22-11-8-19(9-12-22)17-27(2)24(28)18-33-25(29)14-15-26-34(30,31)23-13-10-20-6-4-5-7-21(20)16-23/h4-13,16,26H,3,14-15,17-18H2,1-2H3. The third-order valence-electron chi connectivity index (χ3n) is 5.09. The molecule has 0 aliphatic rings. The van der Waals surface area contributed by atoms with Crippen molar-refractivity contribution in [2.75, 3.05) is 26.8 Å². The van der Waals surface area contributed by atoms with Gasteiger partial charge in [0, 0.05) is 20.1 Å². The number of esters is 1. The van der Waals surface area contributed by atoms with E-state index >= 15 is 0 Å². The first-order valence-electron chi connectivity index (χ1n) is 10.9. The number of carbonyl (C=O) groups is 2. The molecule has 0 saturated carbocycles. The van der Waals surface area contributed by atoms with Crippen molar-refractivity contribution in [3.8, 4) is 5.75 Å². The zero-order chi connectivity index (χ0) is 24.6. The first-order chi connectivity index (χ1) is 16.3. The first-order valence-corrected chi connectivity index (χ1v) is 12.4. The normalized spacial score (nSPS) is 11.2. The minimum atomic E-state index is -3.78. The van der Waals surface area contributed by atoms with Crippen LogP contribution in [-0.4, -0.2) is 52.0 Å². The van der Waals surface area contributed by atoms with E-state index in [0.717, 1.165) is 22.1 Å². The van der Waals surface area contributed by atoms with Crippen molar-refractivity contribution < 1.29 is 27.5 Å². The Balaban J connectivity index is 1.42. The highest BCUT2D eigenvalue weighted by molar-refractivity contribution is 7.89. The maximum Gasteiger partial charge on any atom is 0.307 e. The molecule has 0 bridgehead atoms. The molecule has 0 spiro atoms. The number of nitrogens with zero attached hydrogens (tertiary/aromatic N) is 1. The maximum absolute atomic E-state index is 12.5. The largest absolute Gasteiger partial charge is 0.494 e. The summed E-state index contributed by atoms with van der Waals surface area (Å²) >= 11 is 0. The molecule has 0 atom stereocenters. The summed E-state index contributed by atoms with van der Waals surface area (Å²) < 4.78 is 37.8. The molecule has 8 nitrogen and oxygen atoms in total. The summed E-state index contributed by atoms with van der Waals surface area (Å²) in [6.07, 6.45) is -0.192.